The van der Waals surface area contributed by atoms with Crippen molar-refractivity contribution < 1.29 is 18.3 Å². The Balaban J connectivity index is 1.86. The summed E-state index contributed by atoms with van der Waals surface area (Å²) in [5.41, 5.74) is 2.55. The van der Waals surface area contributed by atoms with Crippen molar-refractivity contribution in [3.8, 4) is 0 Å². The highest BCUT2D eigenvalue weighted by Gasteiger charge is 2.30. The molecule has 0 aliphatic carbocycles. The molecule has 0 saturated carbocycles. The molecule has 0 fully saturated rings. The van der Waals surface area contributed by atoms with Gasteiger partial charge in [0.15, 0.2) is 0 Å². The lowest BCUT2D eigenvalue weighted by atomic mass is 9.98. The molecule has 0 unspecified atom stereocenters. The number of thiophene rings is 1. The van der Waals surface area contributed by atoms with Gasteiger partial charge < -0.3 is 9.64 Å². The molecule has 0 saturated heterocycles. The number of carbonyl (C=O) groups excluding carboxylic acids is 1. The van der Waals surface area contributed by atoms with E-state index in [4.69, 9.17) is 4.74 Å². The summed E-state index contributed by atoms with van der Waals surface area (Å²) in [6.07, 6.45) is 1.50. The first-order chi connectivity index (χ1) is 13.0. The van der Waals surface area contributed by atoms with Crippen LogP contribution in [0, 0.1) is 18.6 Å². The number of rotatable bonds is 3. The number of anilines is 1. The third-order valence-corrected chi connectivity index (χ3v) is 6.06. The highest BCUT2D eigenvalue weighted by Crippen LogP contribution is 2.38. The molecule has 0 bridgehead atoms. The molecule has 0 N–H and O–H groups in total. The molecular formula is C21H19F2NO2S. The standard InChI is InChI=1S/C21H19F2NO2S/c1-12-9-13-5-4-8-24(19(13)16(23)10-12)21(25)20-14(11-26-2)18-15(22)6-3-7-17(18)27-20/h3,6-7,9-10H,4-5,8,11H2,1-2H3. The lowest BCUT2D eigenvalue weighted by Gasteiger charge is -2.30. The summed E-state index contributed by atoms with van der Waals surface area (Å²) in [6, 6.07) is 8.16. The average Bonchev–Trinajstić information content (AvgIpc) is 3.00. The van der Waals surface area contributed by atoms with Crippen LogP contribution >= 0.6 is 11.3 Å². The first-order valence-electron chi connectivity index (χ1n) is 8.81. The van der Waals surface area contributed by atoms with Gasteiger partial charge in [-0.3, -0.25) is 4.79 Å². The fraction of sp³-hybridized carbons (Fsp3) is 0.286. The fourth-order valence-electron chi connectivity index (χ4n) is 3.79. The Morgan fingerprint density at radius 1 is 1.26 bits per heavy atom. The number of carbonyl (C=O) groups is 1. The van der Waals surface area contributed by atoms with Crippen LogP contribution in [0.5, 0.6) is 0 Å². The van der Waals surface area contributed by atoms with E-state index in [9.17, 15) is 13.6 Å². The zero-order chi connectivity index (χ0) is 19.1. The lowest BCUT2D eigenvalue weighted by Crippen LogP contribution is -2.36. The number of halogens is 2. The van der Waals surface area contributed by atoms with Crippen LogP contribution in [-0.4, -0.2) is 19.6 Å². The fourth-order valence-corrected chi connectivity index (χ4v) is 4.96. The smallest absolute Gasteiger partial charge is 0.268 e. The number of ether oxygens (including phenoxy) is 1. The number of hydrogen-bond acceptors (Lipinski definition) is 3. The van der Waals surface area contributed by atoms with E-state index in [2.05, 4.69) is 0 Å². The van der Waals surface area contributed by atoms with Crippen LogP contribution in [0.4, 0.5) is 14.5 Å². The van der Waals surface area contributed by atoms with Crippen molar-refractivity contribution in [2.45, 2.75) is 26.4 Å². The number of amides is 1. The molecule has 3 aromatic rings. The molecule has 0 radical (unpaired) electrons. The second-order valence-electron chi connectivity index (χ2n) is 6.77. The summed E-state index contributed by atoms with van der Waals surface area (Å²) >= 11 is 1.23. The highest BCUT2D eigenvalue weighted by molar-refractivity contribution is 7.21. The molecule has 1 amide bonds. The van der Waals surface area contributed by atoms with Crippen LogP contribution in [-0.2, 0) is 17.8 Å². The van der Waals surface area contributed by atoms with Crippen molar-refractivity contribution >= 4 is 33.0 Å². The van der Waals surface area contributed by atoms with Crippen molar-refractivity contribution in [3.63, 3.8) is 0 Å². The molecular weight excluding hydrogens is 368 g/mol. The first-order valence-corrected chi connectivity index (χ1v) is 9.62. The SMILES string of the molecule is COCc1c(C(=O)N2CCCc3cc(C)cc(F)c32)sc2cccc(F)c12. The molecule has 4 rings (SSSR count). The van der Waals surface area contributed by atoms with Crippen LogP contribution in [0.3, 0.4) is 0 Å². The maximum Gasteiger partial charge on any atom is 0.268 e. The normalized spacial score (nSPS) is 13.9. The molecule has 3 nitrogen and oxygen atoms in total. The lowest BCUT2D eigenvalue weighted by molar-refractivity contribution is 0.0984. The molecule has 1 aliphatic rings. The Hall–Kier alpha value is -2.31. The summed E-state index contributed by atoms with van der Waals surface area (Å²) in [5, 5.41) is 0.411. The van der Waals surface area contributed by atoms with Crippen molar-refractivity contribution in [2.24, 2.45) is 0 Å². The molecule has 6 heteroatoms. The van der Waals surface area contributed by atoms with Gasteiger partial charge in [0, 0.05) is 29.3 Å². The van der Waals surface area contributed by atoms with Gasteiger partial charge in [0.1, 0.15) is 11.6 Å². The molecule has 0 spiro atoms. The van der Waals surface area contributed by atoms with Crippen LogP contribution in [0.2, 0.25) is 0 Å². The zero-order valence-corrected chi connectivity index (χ0v) is 16.0. The van der Waals surface area contributed by atoms with Crippen LogP contribution in [0.1, 0.15) is 32.8 Å². The molecule has 1 aliphatic heterocycles. The summed E-state index contributed by atoms with van der Waals surface area (Å²) in [4.78, 5) is 15.3. The Bertz CT molecular complexity index is 1040. The van der Waals surface area contributed by atoms with E-state index in [1.807, 2.05) is 13.0 Å². The van der Waals surface area contributed by atoms with Crippen molar-refractivity contribution in [1.29, 1.82) is 0 Å². The Labute approximate surface area is 160 Å². The minimum atomic E-state index is -0.390. The topological polar surface area (TPSA) is 29.5 Å². The van der Waals surface area contributed by atoms with Crippen LogP contribution in [0.25, 0.3) is 10.1 Å². The van der Waals surface area contributed by atoms with Crippen molar-refractivity contribution in [1.82, 2.24) is 0 Å². The second kappa shape index (κ2) is 7.02. The number of aryl methyl sites for hydroxylation is 2. The minimum Gasteiger partial charge on any atom is -0.380 e. The van der Waals surface area contributed by atoms with E-state index < -0.39 is 5.82 Å². The summed E-state index contributed by atoms with van der Waals surface area (Å²) in [6.45, 7) is 2.41. The summed E-state index contributed by atoms with van der Waals surface area (Å²) < 4.78 is 35.0. The molecule has 2 heterocycles. The van der Waals surface area contributed by atoms with Gasteiger partial charge in [0.25, 0.3) is 5.91 Å². The van der Waals surface area contributed by atoms with Gasteiger partial charge in [0.05, 0.1) is 17.2 Å². The van der Waals surface area contributed by atoms with Gasteiger partial charge in [0.2, 0.25) is 0 Å². The largest absolute Gasteiger partial charge is 0.380 e. The van der Waals surface area contributed by atoms with E-state index in [-0.39, 0.29) is 18.3 Å². The summed E-state index contributed by atoms with van der Waals surface area (Å²) in [7, 11) is 1.51. The van der Waals surface area contributed by atoms with E-state index >= 15 is 0 Å². The molecule has 0 atom stereocenters. The third-order valence-electron chi connectivity index (χ3n) is 4.88. The molecule has 27 heavy (non-hydrogen) atoms. The number of benzene rings is 2. The predicted molar refractivity (Wildman–Crippen MR) is 104 cm³/mol. The van der Waals surface area contributed by atoms with Crippen LogP contribution < -0.4 is 4.90 Å². The number of methoxy groups -OCH3 is 1. The number of fused-ring (bicyclic) bond motifs is 2. The zero-order valence-electron chi connectivity index (χ0n) is 15.1. The molecule has 1 aromatic heterocycles. The predicted octanol–water partition coefficient (Wildman–Crippen LogP) is 5.23. The minimum absolute atomic E-state index is 0.124. The van der Waals surface area contributed by atoms with E-state index in [0.29, 0.717) is 32.8 Å². The monoisotopic (exact) mass is 387 g/mol. The average molecular weight is 387 g/mol. The maximum atomic E-state index is 14.7. The Morgan fingerprint density at radius 3 is 2.85 bits per heavy atom. The van der Waals surface area contributed by atoms with Crippen molar-refractivity contribution in [3.05, 3.63) is 63.5 Å². The summed E-state index contributed by atoms with van der Waals surface area (Å²) in [5.74, 6) is -1.07. The van der Waals surface area contributed by atoms with Gasteiger partial charge in [-0.1, -0.05) is 12.1 Å². The molecule has 2 aromatic carbocycles. The van der Waals surface area contributed by atoms with Gasteiger partial charge >= 0.3 is 0 Å². The van der Waals surface area contributed by atoms with Gasteiger partial charge in [-0.15, -0.1) is 11.3 Å². The number of nitrogens with zero attached hydrogens (tertiary/aromatic N) is 1. The second-order valence-corrected chi connectivity index (χ2v) is 7.82. The van der Waals surface area contributed by atoms with Crippen LogP contribution in [0.15, 0.2) is 30.3 Å². The molecule has 140 valence electrons. The van der Waals surface area contributed by atoms with E-state index in [0.717, 1.165) is 24.0 Å². The van der Waals surface area contributed by atoms with Gasteiger partial charge in [-0.2, -0.15) is 0 Å². The Kier molecular flexibility index (Phi) is 4.70. The highest BCUT2D eigenvalue weighted by atomic mass is 32.1. The maximum absolute atomic E-state index is 14.7. The van der Waals surface area contributed by atoms with Gasteiger partial charge in [-0.05, 0) is 49.1 Å². The first kappa shape index (κ1) is 18.1. The van der Waals surface area contributed by atoms with Gasteiger partial charge in [-0.25, -0.2) is 8.78 Å². The quantitative estimate of drug-likeness (QED) is 0.616. The van der Waals surface area contributed by atoms with E-state index in [1.165, 1.54) is 35.5 Å². The third kappa shape index (κ3) is 3.03. The Morgan fingerprint density at radius 2 is 2.07 bits per heavy atom. The van der Waals surface area contributed by atoms with E-state index in [1.54, 1.807) is 12.1 Å². The van der Waals surface area contributed by atoms with Crippen molar-refractivity contribution in [2.75, 3.05) is 18.6 Å². The number of hydrogen-bond donors (Lipinski definition) is 0.